The van der Waals surface area contributed by atoms with Gasteiger partial charge in [0, 0.05) is 11.3 Å². The van der Waals surface area contributed by atoms with Gasteiger partial charge in [0.1, 0.15) is 5.75 Å². The minimum absolute atomic E-state index is 0.0309. The molecule has 0 heterocycles. The van der Waals surface area contributed by atoms with Crippen molar-refractivity contribution in [3.63, 3.8) is 0 Å². The number of halogens is 3. The number of alkyl halides is 3. The number of hydrogen-bond donors (Lipinski definition) is 3. The zero-order chi connectivity index (χ0) is 23.2. The first-order chi connectivity index (χ1) is 14.4. The van der Waals surface area contributed by atoms with Crippen LogP contribution in [0.4, 0.5) is 18.9 Å². The molecule has 2 amide bonds. The monoisotopic (exact) mass is 462 g/mol. The van der Waals surface area contributed by atoms with Crippen molar-refractivity contribution in [2.75, 3.05) is 17.7 Å². The van der Waals surface area contributed by atoms with E-state index in [9.17, 15) is 36.4 Å². The molecule has 9 nitrogen and oxygen atoms in total. The first-order valence-corrected chi connectivity index (χ1v) is 10.1. The lowest BCUT2D eigenvalue weighted by Crippen LogP contribution is -2.39. The fraction of sp³-hybridized carbons (Fsp3) is 0.222. The standard InChI is InChI=1S/C18H17F3N2O7S/c19-18(20,21)30-15-5-1-12(2-6-15)17(26)22-13-3-7-16(8-4-13)31(28,29)10-14(9-24)23(27)11-25/h1-8,11,14,24,27H,9-10H2,(H,22,26)/t14-/m0/s1. The van der Waals surface area contributed by atoms with Crippen molar-refractivity contribution in [1.82, 2.24) is 5.06 Å². The molecule has 0 aromatic heterocycles. The van der Waals surface area contributed by atoms with Gasteiger partial charge in [-0.2, -0.15) is 0 Å². The molecule has 0 spiro atoms. The average Bonchev–Trinajstić information content (AvgIpc) is 2.71. The Kier molecular flexibility index (Phi) is 7.60. The summed E-state index contributed by atoms with van der Waals surface area (Å²) in [6, 6.07) is 7.72. The zero-order valence-electron chi connectivity index (χ0n) is 15.6. The van der Waals surface area contributed by atoms with Crippen LogP contribution in [0.25, 0.3) is 0 Å². The summed E-state index contributed by atoms with van der Waals surface area (Å²) in [5.41, 5.74) is 0.240. The summed E-state index contributed by atoms with van der Waals surface area (Å²) in [5, 5.41) is 20.9. The number of amides is 2. The van der Waals surface area contributed by atoms with Gasteiger partial charge in [-0.3, -0.25) is 14.8 Å². The molecule has 0 fully saturated rings. The number of nitrogens with zero attached hydrogens (tertiary/aromatic N) is 1. The molecule has 3 N–H and O–H groups in total. The molecule has 0 aliphatic rings. The molecular weight excluding hydrogens is 445 g/mol. The topological polar surface area (TPSA) is 133 Å². The van der Waals surface area contributed by atoms with Crippen LogP contribution >= 0.6 is 0 Å². The van der Waals surface area contributed by atoms with Gasteiger partial charge in [-0.05, 0) is 48.5 Å². The molecule has 0 saturated heterocycles. The number of rotatable bonds is 9. The Balaban J connectivity index is 2.06. The summed E-state index contributed by atoms with van der Waals surface area (Å²) >= 11 is 0. The molecular formula is C18H17F3N2O7S. The number of hydrogen-bond acceptors (Lipinski definition) is 7. The molecule has 1 atom stereocenters. The lowest BCUT2D eigenvalue weighted by molar-refractivity contribution is -0.274. The third-order valence-corrected chi connectivity index (χ3v) is 5.74. The number of sulfone groups is 1. The van der Waals surface area contributed by atoms with Crippen LogP contribution < -0.4 is 10.1 Å². The summed E-state index contributed by atoms with van der Waals surface area (Å²) in [5.74, 6) is -1.89. The Bertz CT molecular complexity index is 1010. The normalized spacial score (nSPS) is 12.7. The van der Waals surface area contributed by atoms with Crippen molar-refractivity contribution in [2.24, 2.45) is 0 Å². The summed E-state index contributed by atoms with van der Waals surface area (Å²) in [4.78, 5) is 22.6. The number of hydroxylamine groups is 2. The highest BCUT2D eigenvalue weighted by atomic mass is 32.2. The van der Waals surface area contributed by atoms with Crippen LogP contribution in [-0.4, -0.2) is 60.9 Å². The molecule has 0 bridgehead atoms. The van der Waals surface area contributed by atoms with Crippen LogP contribution in [-0.2, 0) is 14.6 Å². The Morgan fingerprint density at radius 2 is 1.71 bits per heavy atom. The third kappa shape index (κ3) is 6.94. The van der Waals surface area contributed by atoms with Gasteiger partial charge in [0.25, 0.3) is 5.91 Å². The van der Waals surface area contributed by atoms with Crippen molar-refractivity contribution < 1.29 is 46.2 Å². The Labute approximate surface area is 174 Å². The Morgan fingerprint density at radius 1 is 1.13 bits per heavy atom. The lowest BCUT2D eigenvalue weighted by Gasteiger charge is -2.20. The molecule has 13 heteroatoms. The van der Waals surface area contributed by atoms with Crippen LogP contribution in [0.3, 0.4) is 0 Å². The number of aliphatic hydroxyl groups excluding tert-OH is 1. The minimum Gasteiger partial charge on any atom is -0.406 e. The molecule has 0 aliphatic carbocycles. The van der Waals surface area contributed by atoms with Crippen molar-refractivity contribution in [2.45, 2.75) is 17.3 Å². The molecule has 2 rings (SSSR count). The highest BCUT2D eigenvalue weighted by Crippen LogP contribution is 2.23. The van der Waals surface area contributed by atoms with Gasteiger partial charge in [-0.1, -0.05) is 0 Å². The smallest absolute Gasteiger partial charge is 0.406 e. The van der Waals surface area contributed by atoms with E-state index in [0.717, 1.165) is 24.3 Å². The van der Waals surface area contributed by atoms with Crippen LogP contribution in [0.15, 0.2) is 53.4 Å². The van der Waals surface area contributed by atoms with E-state index in [1.54, 1.807) is 0 Å². The molecule has 0 radical (unpaired) electrons. The number of anilines is 1. The largest absolute Gasteiger partial charge is 0.573 e. The van der Waals surface area contributed by atoms with Gasteiger partial charge in [0.05, 0.1) is 23.3 Å². The van der Waals surface area contributed by atoms with E-state index in [1.165, 1.54) is 24.3 Å². The van der Waals surface area contributed by atoms with Gasteiger partial charge >= 0.3 is 6.36 Å². The van der Waals surface area contributed by atoms with Gasteiger partial charge in [-0.15, -0.1) is 13.2 Å². The lowest BCUT2D eigenvalue weighted by atomic mass is 10.2. The second-order valence-corrected chi connectivity index (χ2v) is 8.19. The number of carbonyl (C=O) groups is 2. The Hall–Kier alpha value is -3.16. The van der Waals surface area contributed by atoms with Crippen molar-refractivity contribution in [3.8, 4) is 5.75 Å². The van der Waals surface area contributed by atoms with Crippen molar-refractivity contribution in [3.05, 3.63) is 54.1 Å². The number of benzene rings is 2. The van der Waals surface area contributed by atoms with Gasteiger partial charge < -0.3 is 15.2 Å². The summed E-state index contributed by atoms with van der Waals surface area (Å²) in [7, 11) is -3.98. The number of ether oxygens (including phenoxy) is 1. The number of nitrogens with one attached hydrogen (secondary N) is 1. The molecule has 0 saturated carbocycles. The van der Waals surface area contributed by atoms with Gasteiger partial charge in [0.2, 0.25) is 6.41 Å². The SMILES string of the molecule is O=CN(O)[C@@H](CO)CS(=O)(=O)c1ccc(NC(=O)c2ccc(OC(F)(F)F)cc2)cc1. The highest BCUT2D eigenvalue weighted by molar-refractivity contribution is 7.91. The second-order valence-electron chi connectivity index (χ2n) is 6.15. The van der Waals surface area contributed by atoms with E-state index < -0.39 is 46.3 Å². The third-order valence-electron chi connectivity index (χ3n) is 3.93. The molecule has 168 valence electrons. The van der Waals surface area contributed by atoms with Gasteiger partial charge in [0.15, 0.2) is 9.84 Å². The first-order valence-electron chi connectivity index (χ1n) is 8.48. The highest BCUT2D eigenvalue weighted by Gasteiger charge is 2.31. The molecule has 0 unspecified atom stereocenters. The number of aliphatic hydroxyl groups is 1. The summed E-state index contributed by atoms with van der Waals surface area (Å²) < 4.78 is 64.9. The van der Waals surface area contributed by atoms with Crippen LogP contribution in [0.5, 0.6) is 5.75 Å². The summed E-state index contributed by atoms with van der Waals surface area (Å²) in [6.45, 7) is -0.782. The minimum atomic E-state index is -4.86. The molecule has 2 aromatic carbocycles. The average molecular weight is 462 g/mol. The van der Waals surface area contributed by atoms with E-state index in [1.807, 2.05) is 0 Å². The molecule has 31 heavy (non-hydrogen) atoms. The molecule has 0 aliphatic heterocycles. The number of carbonyl (C=O) groups excluding carboxylic acids is 2. The summed E-state index contributed by atoms with van der Waals surface area (Å²) in [6.07, 6.45) is -4.89. The second kappa shape index (κ2) is 9.76. The fourth-order valence-electron chi connectivity index (χ4n) is 2.41. The van der Waals surface area contributed by atoms with Gasteiger partial charge in [-0.25, -0.2) is 13.5 Å². The van der Waals surface area contributed by atoms with E-state index in [4.69, 9.17) is 5.11 Å². The van der Waals surface area contributed by atoms with E-state index in [2.05, 4.69) is 10.1 Å². The Morgan fingerprint density at radius 3 is 2.19 bits per heavy atom. The van der Waals surface area contributed by atoms with Crippen LogP contribution in [0.1, 0.15) is 10.4 Å². The van der Waals surface area contributed by atoms with E-state index >= 15 is 0 Å². The fourth-order valence-corrected chi connectivity index (χ4v) is 3.91. The van der Waals surface area contributed by atoms with E-state index in [0.29, 0.717) is 0 Å². The predicted octanol–water partition coefficient (Wildman–Crippen LogP) is 1.82. The first kappa shape index (κ1) is 24.1. The maximum Gasteiger partial charge on any atom is 0.573 e. The van der Waals surface area contributed by atoms with Crippen LogP contribution in [0.2, 0.25) is 0 Å². The molecule has 2 aromatic rings. The van der Waals surface area contributed by atoms with E-state index in [-0.39, 0.29) is 27.6 Å². The maximum absolute atomic E-state index is 12.4. The zero-order valence-corrected chi connectivity index (χ0v) is 16.4. The van der Waals surface area contributed by atoms with Crippen LogP contribution in [0, 0.1) is 0 Å². The quantitative estimate of drug-likeness (QED) is 0.294. The predicted molar refractivity (Wildman–Crippen MR) is 100 cm³/mol. The van der Waals surface area contributed by atoms with Crippen molar-refractivity contribution >= 4 is 27.8 Å². The van der Waals surface area contributed by atoms with Crippen molar-refractivity contribution in [1.29, 1.82) is 0 Å². The maximum atomic E-state index is 12.4.